The molecule has 1 aromatic carbocycles. The number of anilines is 1. The molecule has 3 fully saturated rings. The third kappa shape index (κ3) is 4.91. The molecule has 1 aliphatic heterocycles. The van der Waals surface area contributed by atoms with E-state index in [1.807, 2.05) is 6.07 Å². The Balaban J connectivity index is 1.40. The molecule has 1 N–H and O–H groups in total. The van der Waals surface area contributed by atoms with Crippen LogP contribution in [0.5, 0.6) is 0 Å². The molecule has 2 heterocycles. The van der Waals surface area contributed by atoms with E-state index in [1.54, 1.807) is 0 Å². The Bertz CT molecular complexity index is 1010. The third-order valence-corrected chi connectivity index (χ3v) is 7.78. The Kier molecular flexibility index (Phi) is 6.63. The van der Waals surface area contributed by atoms with Gasteiger partial charge in [0.05, 0.1) is 11.7 Å². The van der Waals surface area contributed by atoms with Gasteiger partial charge in [0.25, 0.3) is 0 Å². The number of Topliss-reactive ketones (excluding diaryl/α,β-unsaturated/α-hetero) is 1. The number of ether oxygens (including phenoxy) is 1. The van der Waals surface area contributed by atoms with E-state index in [0.717, 1.165) is 69.4 Å². The molecule has 0 spiro atoms. The van der Waals surface area contributed by atoms with Gasteiger partial charge in [0.15, 0.2) is 5.82 Å². The number of nitrogens with one attached hydrogen (secondary N) is 1. The second kappa shape index (κ2) is 9.80. The smallest absolute Gasteiger partial charge is 0.229 e. The van der Waals surface area contributed by atoms with Gasteiger partial charge in [0, 0.05) is 43.6 Å². The number of hydrogen-bond acceptors (Lipinski definition) is 4. The van der Waals surface area contributed by atoms with Crippen LogP contribution in [0.1, 0.15) is 69.9 Å². The van der Waals surface area contributed by atoms with Crippen LogP contribution in [0, 0.1) is 17.8 Å². The standard InChI is InChI=1S/C27H35N3O3/c1-2-4-18-5-3-6-21(13-18)25-17-26(29-30(25)23-9-11-33-12-10-23)28-27(32)22-14-19-7-8-20(19)15-24(31)16-22/h3,5-6,13,17,19-20,22-23H,2,4,7-12,14-16H2,1H3,(H,28,29,32)/t19?,20?,22-/m0/s1. The molecule has 1 saturated heterocycles. The van der Waals surface area contributed by atoms with Crippen LogP contribution in [0.15, 0.2) is 30.3 Å². The molecule has 1 amide bonds. The SMILES string of the molecule is CCCc1cccc(-c2cc(NC(=O)[C@@H]3CC(=O)CC4CCC4C3)nn2C2CCOCC2)c1. The molecule has 2 aromatic rings. The molecular formula is C27H35N3O3. The fourth-order valence-electron chi connectivity index (χ4n) is 5.80. The predicted octanol–water partition coefficient (Wildman–Crippen LogP) is 5.19. The highest BCUT2D eigenvalue weighted by molar-refractivity contribution is 5.95. The van der Waals surface area contributed by atoms with Crippen LogP contribution in [0.4, 0.5) is 5.82 Å². The number of carbonyl (C=O) groups is 2. The van der Waals surface area contributed by atoms with Crippen molar-refractivity contribution in [2.24, 2.45) is 17.8 Å². The van der Waals surface area contributed by atoms with Gasteiger partial charge in [-0.1, -0.05) is 31.5 Å². The number of nitrogens with zero attached hydrogens (tertiary/aromatic N) is 2. The maximum absolute atomic E-state index is 13.2. The maximum Gasteiger partial charge on any atom is 0.229 e. The second-order valence-corrected chi connectivity index (χ2v) is 10.1. The fraction of sp³-hybridized carbons (Fsp3) is 0.593. The summed E-state index contributed by atoms with van der Waals surface area (Å²) in [5, 5.41) is 7.93. The highest BCUT2D eigenvalue weighted by atomic mass is 16.5. The van der Waals surface area contributed by atoms with E-state index in [-0.39, 0.29) is 23.7 Å². The second-order valence-electron chi connectivity index (χ2n) is 10.1. The Morgan fingerprint density at radius 1 is 1.12 bits per heavy atom. The number of ketones is 1. The van der Waals surface area contributed by atoms with Gasteiger partial charge < -0.3 is 10.1 Å². The van der Waals surface area contributed by atoms with Crippen LogP contribution in [-0.4, -0.2) is 34.7 Å². The lowest BCUT2D eigenvalue weighted by molar-refractivity contribution is -0.125. The van der Waals surface area contributed by atoms with Gasteiger partial charge in [-0.3, -0.25) is 14.3 Å². The van der Waals surface area contributed by atoms with E-state index in [4.69, 9.17) is 9.84 Å². The summed E-state index contributed by atoms with van der Waals surface area (Å²) in [6, 6.07) is 10.9. The minimum absolute atomic E-state index is 0.0567. The highest BCUT2D eigenvalue weighted by Crippen LogP contribution is 2.44. The number of hydrogen-bond donors (Lipinski definition) is 1. The number of fused-ring (bicyclic) bond motifs is 1. The van der Waals surface area contributed by atoms with Crippen molar-refractivity contribution in [2.75, 3.05) is 18.5 Å². The molecule has 2 saturated carbocycles. The molecule has 1 aromatic heterocycles. The Morgan fingerprint density at radius 3 is 2.70 bits per heavy atom. The van der Waals surface area contributed by atoms with Crippen LogP contribution >= 0.6 is 0 Å². The Morgan fingerprint density at radius 2 is 1.94 bits per heavy atom. The third-order valence-electron chi connectivity index (χ3n) is 7.78. The summed E-state index contributed by atoms with van der Waals surface area (Å²) in [5.74, 6) is 1.57. The largest absolute Gasteiger partial charge is 0.381 e. The molecule has 176 valence electrons. The summed E-state index contributed by atoms with van der Waals surface area (Å²) in [6.45, 7) is 3.65. The summed E-state index contributed by atoms with van der Waals surface area (Å²) < 4.78 is 7.66. The number of rotatable bonds is 6. The zero-order valence-corrected chi connectivity index (χ0v) is 19.6. The molecule has 6 heteroatoms. The minimum Gasteiger partial charge on any atom is -0.381 e. The summed E-state index contributed by atoms with van der Waals surface area (Å²) >= 11 is 0. The minimum atomic E-state index is -0.239. The van der Waals surface area contributed by atoms with Gasteiger partial charge in [0.2, 0.25) is 5.91 Å². The van der Waals surface area contributed by atoms with Crippen molar-refractivity contribution in [3.05, 3.63) is 35.9 Å². The molecule has 0 bridgehead atoms. The van der Waals surface area contributed by atoms with Crippen LogP contribution in [0.2, 0.25) is 0 Å². The van der Waals surface area contributed by atoms with Crippen molar-refractivity contribution < 1.29 is 14.3 Å². The summed E-state index contributed by atoms with van der Waals surface area (Å²) in [6.07, 6.45) is 8.12. The van der Waals surface area contributed by atoms with Crippen LogP contribution in [-0.2, 0) is 20.7 Å². The zero-order chi connectivity index (χ0) is 22.8. The first-order valence-electron chi connectivity index (χ1n) is 12.7. The Labute approximate surface area is 196 Å². The van der Waals surface area contributed by atoms with Gasteiger partial charge in [0.1, 0.15) is 5.78 Å². The van der Waals surface area contributed by atoms with Crippen molar-refractivity contribution in [2.45, 2.75) is 70.8 Å². The lowest BCUT2D eigenvalue weighted by Gasteiger charge is -2.35. The molecule has 2 aliphatic carbocycles. The molecule has 3 atom stereocenters. The number of benzene rings is 1. The molecule has 5 rings (SSSR count). The zero-order valence-electron chi connectivity index (χ0n) is 19.6. The summed E-state index contributed by atoms with van der Waals surface area (Å²) in [7, 11) is 0. The quantitative estimate of drug-likeness (QED) is 0.659. The average molecular weight is 450 g/mol. The summed E-state index contributed by atoms with van der Waals surface area (Å²) in [4.78, 5) is 25.5. The molecule has 33 heavy (non-hydrogen) atoms. The van der Waals surface area contributed by atoms with E-state index >= 15 is 0 Å². The molecule has 2 unspecified atom stereocenters. The first kappa shape index (κ1) is 22.3. The first-order valence-corrected chi connectivity index (χ1v) is 12.7. The number of amides is 1. The van der Waals surface area contributed by atoms with Gasteiger partial charge in [-0.15, -0.1) is 0 Å². The monoisotopic (exact) mass is 449 g/mol. The van der Waals surface area contributed by atoms with Gasteiger partial charge in [-0.25, -0.2) is 0 Å². The van der Waals surface area contributed by atoms with Crippen molar-refractivity contribution >= 4 is 17.5 Å². The van der Waals surface area contributed by atoms with Crippen LogP contribution in [0.25, 0.3) is 11.3 Å². The van der Waals surface area contributed by atoms with Gasteiger partial charge >= 0.3 is 0 Å². The van der Waals surface area contributed by atoms with Gasteiger partial charge in [-0.2, -0.15) is 5.10 Å². The molecule has 0 radical (unpaired) electrons. The fourth-order valence-corrected chi connectivity index (χ4v) is 5.80. The van der Waals surface area contributed by atoms with Crippen LogP contribution < -0.4 is 5.32 Å². The first-order chi connectivity index (χ1) is 16.1. The van der Waals surface area contributed by atoms with E-state index in [9.17, 15) is 9.59 Å². The number of carbonyl (C=O) groups excluding carboxylic acids is 2. The molecule has 6 nitrogen and oxygen atoms in total. The summed E-state index contributed by atoms with van der Waals surface area (Å²) in [5.41, 5.74) is 3.47. The van der Waals surface area contributed by atoms with Crippen molar-refractivity contribution in [1.29, 1.82) is 0 Å². The van der Waals surface area contributed by atoms with Gasteiger partial charge in [-0.05, 0) is 62.0 Å². The topological polar surface area (TPSA) is 73.2 Å². The predicted molar refractivity (Wildman–Crippen MR) is 128 cm³/mol. The normalized spacial score (nSPS) is 25.7. The highest BCUT2D eigenvalue weighted by Gasteiger charge is 2.39. The van der Waals surface area contributed by atoms with E-state index in [2.05, 4.69) is 41.2 Å². The Hall–Kier alpha value is -2.47. The van der Waals surface area contributed by atoms with Crippen molar-refractivity contribution in [3.8, 4) is 11.3 Å². The van der Waals surface area contributed by atoms with Crippen molar-refractivity contribution in [1.82, 2.24) is 9.78 Å². The van der Waals surface area contributed by atoms with E-state index in [0.29, 0.717) is 30.5 Å². The van der Waals surface area contributed by atoms with E-state index < -0.39 is 0 Å². The average Bonchev–Trinajstić information content (AvgIpc) is 3.19. The lowest BCUT2D eigenvalue weighted by atomic mass is 9.70. The number of aryl methyl sites for hydroxylation is 1. The number of aromatic nitrogens is 2. The van der Waals surface area contributed by atoms with Crippen molar-refractivity contribution in [3.63, 3.8) is 0 Å². The van der Waals surface area contributed by atoms with Crippen LogP contribution in [0.3, 0.4) is 0 Å². The van der Waals surface area contributed by atoms with E-state index in [1.165, 1.54) is 5.56 Å². The lowest BCUT2D eigenvalue weighted by Crippen LogP contribution is -2.29. The molecular weight excluding hydrogens is 414 g/mol. The molecule has 3 aliphatic rings. The maximum atomic E-state index is 13.2.